The summed E-state index contributed by atoms with van der Waals surface area (Å²) in [6.07, 6.45) is 3.54. The molecule has 1 aromatic carbocycles. The first-order valence-electron chi connectivity index (χ1n) is 7.14. The number of pyridine rings is 1. The molecule has 0 aliphatic rings. The Morgan fingerprint density at radius 2 is 1.77 bits per heavy atom. The second kappa shape index (κ2) is 6.32. The standard InChI is InChI=1S/C17H18N4S/c1-12-4-5-14(10-13(12)2)11-22-17-20-19-16(21(17)3)15-6-8-18-9-7-15/h4-10H,11H2,1-3H3. The van der Waals surface area contributed by atoms with Gasteiger partial charge in [0.25, 0.3) is 0 Å². The molecule has 2 aromatic heterocycles. The van der Waals surface area contributed by atoms with Crippen molar-refractivity contribution in [3.8, 4) is 11.4 Å². The van der Waals surface area contributed by atoms with Crippen LogP contribution in [0.1, 0.15) is 16.7 Å². The largest absolute Gasteiger partial charge is 0.305 e. The van der Waals surface area contributed by atoms with Crippen LogP contribution in [0.25, 0.3) is 11.4 Å². The molecule has 5 heteroatoms. The number of benzene rings is 1. The predicted molar refractivity (Wildman–Crippen MR) is 89.7 cm³/mol. The molecule has 3 aromatic rings. The number of aromatic nitrogens is 4. The van der Waals surface area contributed by atoms with E-state index in [0.717, 1.165) is 22.3 Å². The van der Waals surface area contributed by atoms with Crippen LogP contribution in [-0.2, 0) is 12.8 Å². The van der Waals surface area contributed by atoms with Gasteiger partial charge >= 0.3 is 0 Å². The molecule has 0 bridgehead atoms. The van der Waals surface area contributed by atoms with E-state index >= 15 is 0 Å². The molecule has 22 heavy (non-hydrogen) atoms. The van der Waals surface area contributed by atoms with E-state index in [1.807, 2.05) is 23.7 Å². The monoisotopic (exact) mass is 310 g/mol. The Morgan fingerprint density at radius 3 is 2.50 bits per heavy atom. The lowest BCUT2D eigenvalue weighted by Gasteiger charge is -2.06. The minimum Gasteiger partial charge on any atom is -0.305 e. The molecule has 0 spiro atoms. The van der Waals surface area contributed by atoms with Gasteiger partial charge in [-0.1, -0.05) is 30.0 Å². The summed E-state index contributed by atoms with van der Waals surface area (Å²) in [7, 11) is 2.00. The first kappa shape index (κ1) is 14.8. The highest BCUT2D eigenvalue weighted by atomic mass is 32.2. The number of nitrogens with zero attached hydrogens (tertiary/aromatic N) is 4. The van der Waals surface area contributed by atoms with Crippen LogP contribution in [0.15, 0.2) is 47.9 Å². The zero-order valence-electron chi connectivity index (χ0n) is 12.9. The molecule has 0 saturated heterocycles. The highest BCUT2D eigenvalue weighted by Gasteiger charge is 2.11. The highest BCUT2D eigenvalue weighted by Crippen LogP contribution is 2.25. The van der Waals surface area contributed by atoms with E-state index in [0.29, 0.717) is 0 Å². The van der Waals surface area contributed by atoms with Gasteiger partial charge in [0.15, 0.2) is 11.0 Å². The van der Waals surface area contributed by atoms with Crippen LogP contribution in [0.2, 0.25) is 0 Å². The molecule has 0 unspecified atom stereocenters. The van der Waals surface area contributed by atoms with Gasteiger partial charge in [-0.25, -0.2) is 0 Å². The molecule has 0 N–H and O–H groups in total. The van der Waals surface area contributed by atoms with Crippen LogP contribution in [0.4, 0.5) is 0 Å². The second-order valence-corrected chi connectivity index (χ2v) is 6.25. The Bertz CT molecular complexity index is 781. The number of hydrogen-bond donors (Lipinski definition) is 0. The zero-order chi connectivity index (χ0) is 15.5. The van der Waals surface area contributed by atoms with E-state index in [2.05, 4.69) is 47.2 Å². The van der Waals surface area contributed by atoms with E-state index < -0.39 is 0 Å². The number of aryl methyl sites for hydroxylation is 2. The third-order valence-corrected chi connectivity index (χ3v) is 4.80. The molecular weight excluding hydrogens is 292 g/mol. The van der Waals surface area contributed by atoms with Gasteiger partial charge < -0.3 is 4.57 Å². The quantitative estimate of drug-likeness (QED) is 0.688. The summed E-state index contributed by atoms with van der Waals surface area (Å²) in [5.74, 6) is 1.76. The van der Waals surface area contributed by atoms with Gasteiger partial charge in [-0.3, -0.25) is 4.98 Å². The van der Waals surface area contributed by atoms with E-state index in [1.165, 1.54) is 16.7 Å². The van der Waals surface area contributed by atoms with Crippen molar-refractivity contribution in [1.29, 1.82) is 0 Å². The summed E-state index contributed by atoms with van der Waals surface area (Å²) in [4.78, 5) is 4.04. The van der Waals surface area contributed by atoms with Gasteiger partial charge in [0, 0.05) is 30.8 Å². The highest BCUT2D eigenvalue weighted by molar-refractivity contribution is 7.98. The Kier molecular flexibility index (Phi) is 4.24. The third-order valence-electron chi connectivity index (χ3n) is 3.71. The average molecular weight is 310 g/mol. The van der Waals surface area contributed by atoms with Crippen LogP contribution in [0.5, 0.6) is 0 Å². The van der Waals surface area contributed by atoms with E-state index in [9.17, 15) is 0 Å². The van der Waals surface area contributed by atoms with Gasteiger partial charge in [0.05, 0.1) is 0 Å². The topological polar surface area (TPSA) is 43.6 Å². The van der Waals surface area contributed by atoms with Crippen molar-refractivity contribution < 1.29 is 0 Å². The van der Waals surface area contributed by atoms with Gasteiger partial charge in [-0.2, -0.15) is 0 Å². The van der Waals surface area contributed by atoms with Crippen molar-refractivity contribution in [1.82, 2.24) is 19.7 Å². The smallest absolute Gasteiger partial charge is 0.191 e. The maximum Gasteiger partial charge on any atom is 0.191 e. The first-order valence-corrected chi connectivity index (χ1v) is 8.12. The Labute approximate surface area is 134 Å². The average Bonchev–Trinajstić information content (AvgIpc) is 2.90. The summed E-state index contributed by atoms with van der Waals surface area (Å²) in [6.45, 7) is 4.28. The van der Waals surface area contributed by atoms with Crippen LogP contribution < -0.4 is 0 Å². The fourth-order valence-electron chi connectivity index (χ4n) is 2.23. The van der Waals surface area contributed by atoms with Gasteiger partial charge in [-0.15, -0.1) is 10.2 Å². The minimum atomic E-state index is 0.866. The molecule has 2 heterocycles. The first-order chi connectivity index (χ1) is 10.6. The molecule has 0 radical (unpaired) electrons. The van der Waals surface area contributed by atoms with Gasteiger partial charge in [0.1, 0.15) is 0 Å². The van der Waals surface area contributed by atoms with Gasteiger partial charge in [0.2, 0.25) is 0 Å². The molecule has 0 fully saturated rings. The van der Waals surface area contributed by atoms with E-state index in [4.69, 9.17) is 0 Å². The molecule has 0 amide bonds. The number of hydrogen-bond acceptors (Lipinski definition) is 4. The Balaban J connectivity index is 1.76. The molecule has 4 nitrogen and oxygen atoms in total. The normalized spacial score (nSPS) is 10.9. The molecular formula is C17H18N4S. The third kappa shape index (κ3) is 3.04. The minimum absolute atomic E-state index is 0.866. The van der Waals surface area contributed by atoms with Crippen LogP contribution in [0, 0.1) is 13.8 Å². The maximum atomic E-state index is 4.30. The molecule has 0 atom stereocenters. The molecule has 0 saturated carbocycles. The molecule has 0 aliphatic carbocycles. The lowest BCUT2D eigenvalue weighted by atomic mass is 10.1. The fourth-order valence-corrected chi connectivity index (χ4v) is 3.09. The zero-order valence-corrected chi connectivity index (χ0v) is 13.8. The molecule has 3 rings (SSSR count). The van der Waals surface area contributed by atoms with Crippen molar-refractivity contribution in [3.63, 3.8) is 0 Å². The Hall–Kier alpha value is -2.14. The summed E-state index contributed by atoms with van der Waals surface area (Å²) in [5.41, 5.74) is 4.99. The van der Waals surface area contributed by atoms with E-state index in [-0.39, 0.29) is 0 Å². The van der Waals surface area contributed by atoms with Gasteiger partial charge in [-0.05, 0) is 42.7 Å². The lowest BCUT2D eigenvalue weighted by Crippen LogP contribution is -1.95. The summed E-state index contributed by atoms with van der Waals surface area (Å²) in [5, 5.41) is 9.52. The van der Waals surface area contributed by atoms with Crippen molar-refractivity contribution in [2.45, 2.75) is 24.8 Å². The second-order valence-electron chi connectivity index (χ2n) is 5.31. The molecule has 0 aliphatic heterocycles. The summed E-state index contributed by atoms with van der Waals surface area (Å²) >= 11 is 1.70. The number of thioether (sulfide) groups is 1. The summed E-state index contributed by atoms with van der Waals surface area (Å²) in [6, 6.07) is 10.5. The predicted octanol–water partition coefficient (Wildman–Crippen LogP) is 3.79. The SMILES string of the molecule is Cc1ccc(CSc2nnc(-c3ccncc3)n2C)cc1C. The van der Waals surface area contributed by atoms with Crippen LogP contribution in [0.3, 0.4) is 0 Å². The molecule has 112 valence electrons. The van der Waals surface area contributed by atoms with Crippen LogP contribution >= 0.6 is 11.8 Å². The fraction of sp³-hybridized carbons (Fsp3) is 0.235. The maximum absolute atomic E-state index is 4.30. The Morgan fingerprint density at radius 1 is 1.00 bits per heavy atom. The van der Waals surface area contributed by atoms with Crippen molar-refractivity contribution in [2.24, 2.45) is 7.05 Å². The van der Waals surface area contributed by atoms with E-state index in [1.54, 1.807) is 24.2 Å². The summed E-state index contributed by atoms with van der Waals surface area (Å²) < 4.78 is 2.03. The van der Waals surface area contributed by atoms with Crippen molar-refractivity contribution in [3.05, 3.63) is 59.4 Å². The lowest BCUT2D eigenvalue weighted by molar-refractivity contribution is 0.793. The van der Waals surface area contributed by atoms with Crippen molar-refractivity contribution in [2.75, 3.05) is 0 Å². The van der Waals surface area contributed by atoms with Crippen molar-refractivity contribution >= 4 is 11.8 Å². The van der Waals surface area contributed by atoms with Crippen LogP contribution in [-0.4, -0.2) is 19.7 Å². The number of rotatable bonds is 4.